The Morgan fingerprint density at radius 3 is 2.74 bits per heavy atom. The Bertz CT molecular complexity index is 1170. The van der Waals surface area contributed by atoms with E-state index in [9.17, 15) is 9.59 Å². The summed E-state index contributed by atoms with van der Waals surface area (Å²) >= 11 is 0. The molecule has 1 aliphatic heterocycles. The average Bonchev–Trinajstić information content (AvgIpc) is 3.21. The number of nitrogens with zero attached hydrogens (tertiary/aromatic N) is 6. The van der Waals surface area contributed by atoms with Crippen LogP contribution in [0.1, 0.15) is 17.2 Å². The molecule has 10 nitrogen and oxygen atoms in total. The summed E-state index contributed by atoms with van der Waals surface area (Å²) in [5.41, 5.74) is 7.36. The molecular formula is C21H21N7O3. The fourth-order valence-electron chi connectivity index (χ4n) is 3.19. The molecule has 0 saturated carbocycles. The van der Waals surface area contributed by atoms with Crippen LogP contribution < -0.4 is 16.0 Å². The van der Waals surface area contributed by atoms with Crippen LogP contribution in [0.4, 0.5) is 0 Å². The molecule has 10 heteroatoms. The molecular weight excluding hydrogens is 398 g/mol. The molecule has 1 aliphatic rings. The van der Waals surface area contributed by atoms with Crippen molar-refractivity contribution in [3.8, 4) is 17.1 Å². The first-order valence-corrected chi connectivity index (χ1v) is 9.64. The highest BCUT2D eigenvalue weighted by Crippen LogP contribution is 2.19. The fourth-order valence-corrected chi connectivity index (χ4v) is 3.19. The summed E-state index contributed by atoms with van der Waals surface area (Å²) in [6, 6.07) is 10.9. The van der Waals surface area contributed by atoms with E-state index in [1.165, 1.54) is 23.1 Å². The summed E-state index contributed by atoms with van der Waals surface area (Å²) in [6.07, 6.45) is 4.80. The SMILES string of the molecule is CN1CC(c2ccc(=O)n(Cc3cccc(-c4ncc(OCC(N)=O)cn4)c3)n2)C=N1. The predicted molar refractivity (Wildman–Crippen MR) is 114 cm³/mol. The standard InChI is InChI=1S/C21H21N7O3/c1-27-12-16(8-25-27)18-5-6-20(30)28(26-18)11-14-3-2-4-15(7-14)21-23-9-17(10-24-21)31-13-19(22)29/h2-10,16H,11-13H2,1H3,(H2,22,29). The average molecular weight is 419 g/mol. The number of benzene rings is 1. The molecule has 0 fully saturated rings. The van der Waals surface area contributed by atoms with Crippen molar-refractivity contribution in [3.05, 3.63) is 70.4 Å². The molecule has 0 aliphatic carbocycles. The van der Waals surface area contributed by atoms with Gasteiger partial charge in [0.2, 0.25) is 0 Å². The van der Waals surface area contributed by atoms with Gasteiger partial charge in [-0.15, -0.1) is 0 Å². The highest BCUT2D eigenvalue weighted by atomic mass is 16.5. The van der Waals surface area contributed by atoms with E-state index < -0.39 is 5.91 Å². The maximum atomic E-state index is 12.3. The Morgan fingerprint density at radius 1 is 1.23 bits per heavy atom. The summed E-state index contributed by atoms with van der Waals surface area (Å²) < 4.78 is 6.62. The van der Waals surface area contributed by atoms with E-state index in [4.69, 9.17) is 10.5 Å². The van der Waals surface area contributed by atoms with E-state index >= 15 is 0 Å². The number of amides is 1. The van der Waals surface area contributed by atoms with Crippen LogP contribution in [-0.2, 0) is 11.3 Å². The molecule has 0 saturated heterocycles. The van der Waals surface area contributed by atoms with Gasteiger partial charge in [-0.2, -0.15) is 10.2 Å². The zero-order valence-electron chi connectivity index (χ0n) is 16.9. The third-order valence-corrected chi connectivity index (χ3v) is 4.70. The Kier molecular flexibility index (Phi) is 5.69. The lowest BCUT2D eigenvalue weighted by molar-refractivity contribution is -0.119. The van der Waals surface area contributed by atoms with Gasteiger partial charge in [0.05, 0.1) is 30.6 Å². The van der Waals surface area contributed by atoms with Crippen LogP contribution in [0.2, 0.25) is 0 Å². The van der Waals surface area contributed by atoms with Crippen molar-refractivity contribution in [2.24, 2.45) is 10.8 Å². The van der Waals surface area contributed by atoms with Gasteiger partial charge in [0.15, 0.2) is 18.2 Å². The number of carbonyl (C=O) groups is 1. The van der Waals surface area contributed by atoms with Gasteiger partial charge in [0, 0.05) is 31.4 Å². The Morgan fingerprint density at radius 2 is 2.03 bits per heavy atom. The molecule has 158 valence electrons. The molecule has 1 atom stereocenters. The van der Waals surface area contributed by atoms with Gasteiger partial charge in [-0.3, -0.25) is 14.6 Å². The third-order valence-electron chi connectivity index (χ3n) is 4.70. The minimum Gasteiger partial charge on any atom is -0.481 e. The van der Waals surface area contributed by atoms with E-state index in [-0.39, 0.29) is 18.1 Å². The summed E-state index contributed by atoms with van der Waals surface area (Å²) in [5.74, 6) is 0.337. The second-order valence-electron chi connectivity index (χ2n) is 7.16. The fraction of sp³-hybridized carbons (Fsp3) is 0.238. The molecule has 0 bridgehead atoms. The normalized spacial score (nSPS) is 15.3. The van der Waals surface area contributed by atoms with Crippen molar-refractivity contribution in [1.82, 2.24) is 24.8 Å². The van der Waals surface area contributed by atoms with E-state index in [1.54, 1.807) is 6.07 Å². The zero-order valence-corrected chi connectivity index (χ0v) is 16.9. The van der Waals surface area contributed by atoms with Crippen LogP contribution in [0.15, 0.2) is 58.7 Å². The van der Waals surface area contributed by atoms with E-state index in [1.807, 2.05) is 42.5 Å². The van der Waals surface area contributed by atoms with Crippen molar-refractivity contribution in [3.63, 3.8) is 0 Å². The van der Waals surface area contributed by atoms with Gasteiger partial charge in [0.1, 0.15) is 0 Å². The molecule has 31 heavy (non-hydrogen) atoms. The topological polar surface area (TPSA) is 129 Å². The summed E-state index contributed by atoms with van der Waals surface area (Å²) in [5, 5.41) is 10.6. The second kappa shape index (κ2) is 8.74. The molecule has 2 aromatic heterocycles. The second-order valence-corrected chi connectivity index (χ2v) is 7.16. The van der Waals surface area contributed by atoms with E-state index in [2.05, 4.69) is 20.2 Å². The van der Waals surface area contributed by atoms with Crippen molar-refractivity contribution < 1.29 is 9.53 Å². The first-order valence-electron chi connectivity index (χ1n) is 9.64. The van der Waals surface area contributed by atoms with Gasteiger partial charge in [-0.1, -0.05) is 18.2 Å². The molecule has 1 amide bonds. The molecule has 0 radical (unpaired) electrons. The minimum absolute atomic E-state index is 0.0619. The number of hydrogen-bond donors (Lipinski definition) is 1. The summed E-state index contributed by atoms with van der Waals surface area (Å²) in [7, 11) is 1.90. The predicted octanol–water partition coefficient (Wildman–Crippen LogP) is 0.628. The largest absolute Gasteiger partial charge is 0.481 e. The maximum Gasteiger partial charge on any atom is 0.267 e. The summed E-state index contributed by atoms with van der Waals surface area (Å²) in [4.78, 5) is 31.7. The molecule has 1 aromatic carbocycles. The highest BCUT2D eigenvalue weighted by Gasteiger charge is 2.19. The number of ether oxygens (including phenoxy) is 1. The van der Waals surface area contributed by atoms with Crippen molar-refractivity contribution in [1.29, 1.82) is 0 Å². The van der Waals surface area contributed by atoms with E-state index in [0.717, 1.165) is 23.4 Å². The van der Waals surface area contributed by atoms with Crippen LogP contribution >= 0.6 is 0 Å². The first-order chi connectivity index (χ1) is 15.0. The Balaban J connectivity index is 1.52. The molecule has 4 rings (SSSR count). The van der Waals surface area contributed by atoms with Gasteiger partial charge < -0.3 is 10.5 Å². The lowest BCUT2D eigenvalue weighted by atomic mass is 10.1. The quantitative estimate of drug-likeness (QED) is 0.595. The van der Waals surface area contributed by atoms with Crippen LogP contribution in [0.25, 0.3) is 11.4 Å². The van der Waals surface area contributed by atoms with Crippen molar-refractivity contribution in [2.75, 3.05) is 20.2 Å². The first kappa shape index (κ1) is 20.2. The third kappa shape index (κ3) is 4.92. The number of carbonyl (C=O) groups excluding carboxylic acids is 1. The zero-order chi connectivity index (χ0) is 21.8. The molecule has 3 heterocycles. The van der Waals surface area contributed by atoms with Gasteiger partial charge >= 0.3 is 0 Å². The van der Waals surface area contributed by atoms with Crippen LogP contribution in [0.3, 0.4) is 0 Å². The molecule has 2 N–H and O–H groups in total. The number of likely N-dealkylation sites (N-methyl/N-ethyl adjacent to an activating group) is 1. The monoisotopic (exact) mass is 419 g/mol. The number of hydrazone groups is 1. The van der Waals surface area contributed by atoms with Crippen LogP contribution in [0.5, 0.6) is 5.75 Å². The van der Waals surface area contributed by atoms with E-state index in [0.29, 0.717) is 18.1 Å². The number of aromatic nitrogens is 4. The number of rotatable bonds is 7. The molecule has 3 aromatic rings. The maximum absolute atomic E-state index is 12.3. The molecule has 0 spiro atoms. The highest BCUT2D eigenvalue weighted by molar-refractivity contribution is 5.75. The molecule has 1 unspecified atom stereocenters. The Labute approximate surface area is 178 Å². The lowest BCUT2D eigenvalue weighted by Crippen LogP contribution is -2.25. The summed E-state index contributed by atoms with van der Waals surface area (Å²) in [6.45, 7) is 0.819. The van der Waals surface area contributed by atoms with Gasteiger partial charge in [0.25, 0.3) is 11.5 Å². The number of primary amides is 1. The minimum atomic E-state index is -0.572. The van der Waals surface area contributed by atoms with Gasteiger partial charge in [-0.25, -0.2) is 14.6 Å². The van der Waals surface area contributed by atoms with Crippen LogP contribution in [0, 0.1) is 0 Å². The van der Waals surface area contributed by atoms with Crippen LogP contribution in [-0.4, -0.2) is 57.1 Å². The number of hydrogen-bond acceptors (Lipinski definition) is 8. The number of nitrogens with two attached hydrogens (primary N) is 1. The van der Waals surface area contributed by atoms with Crippen molar-refractivity contribution >= 4 is 12.1 Å². The smallest absolute Gasteiger partial charge is 0.267 e. The lowest BCUT2D eigenvalue weighted by Gasteiger charge is -2.12. The Hall–Kier alpha value is -4.08. The van der Waals surface area contributed by atoms with Gasteiger partial charge in [-0.05, 0) is 17.7 Å². The van der Waals surface area contributed by atoms with Crippen molar-refractivity contribution in [2.45, 2.75) is 12.5 Å².